The highest BCUT2D eigenvalue weighted by Crippen LogP contribution is 2.36. The van der Waals surface area contributed by atoms with Crippen LogP contribution in [0.3, 0.4) is 0 Å². The number of ether oxygens (including phenoxy) is 2. The minimum Gasteiger partial charge on any atom is -0.493 e. The van der Waals surface area contributed by atoms with Gasteiger partial charge in [-0.25, -0.2) is 4.68 Å². The number of amides is 1. The van der Waals surface area contributed by atoms with E-state index in [1.807, 2.05) is 13.8 Å². The SMILES string of the molecule is CCCOc1c(Cl)cc(C(=O)Nc2cc(C)nn2CCC#N)cc1OC. The highest BCUT2D eigenvalue weighted by atomic mass is 35.5. The van der Waals surface area contributed by atoms with Gasteiger partial charge in [-0.15, -0.1) is 0 Å². The van der Waals surface area contributed by atoms with Gasteiger partial charge in [-0.1, -0.05) is 18.5 Å². The molecule has 0 aliphatic rings. The first kappa shape index (κ1) is 19.6. The van der Waals surface area contributed by atoms with Gasteiger partial charge in [0.15, 0.2) is 11.5 Å². The quantitative estimate of drug-likeness (QED) is 0.756. The van der Waals surface area contributed by atoms with Gasteiger partial charge >= 0.3 is 0 Å². The molecule has 0 spiro atoms. The summed E-state index contributed by atoms with van der Waals surface area (Å²) in [6, 6.07) is 6.92. The Balaban J connectivity index is 2.25. The summed E-state index contributed by atoms with van der Waals surface area (Å²) in [5.41, 5.74) is 1.08. The average Bonchev–Trinajstić information content (AvgIpc) is 2.97. The zero-order valence-electron chi connectivity index (χ0n) is 15.0. The standard InChI is InChI=1S/C18H21ClN4O3/c1-4-8-26-17-14(19)10-13(11-15(17)25-3)18(24)21-16-9-12(2)22-23(16)7-5-6-20/h9-11H,4-5,7-8H2,1-3H3,(H,21,24). The average molecular weight is 377 g/mol. The van der Waals surface area contributed by atoms with E-state index < -0.39 is 0 Å². The molecule has 0 saturated heterocycles. The number of nitrogens with zero attached hydrogens (tertiary/aromatic N) is 3. The Labute approximate surface area is 157 Å². The highest BCUT2D eigenvalue weighted by Gasteiger charge is 2.17. The lowest BCUT2D eigenvalue weighted by molar-refractivity contribution is 0.102. The van der Waals surface area contributed by atoms with Gasteiger partial charge in [0, 0.05) is 11.6 Å². The number of nitrogens with one attached hydrogen (secondary N) is 1. The Bertz CT molecular complexity index is 827. The van der Waals surface area contributed by atoms with Crippen LogP contribution in [0.2, 0.25) is 5.02 Å². The van der Waals surface area contributed by atoms with E-state index in [4.69, 9.17) is 26.3 Å². The predicted octanol–water partition coefficient (Wildman–Crippen LogP) is 3.81. The van der Waals surface area contributed by atoms with Crippen molar-refractivity contribution in [1.29, 1.82) is 5.26 Å². The third-order valence-electron chi connectivity index (χ3n) is 3.52. The van der Waals surface area contributed by atoms with E-state index in [1.165, 1.54) is 13.2 Å². The minimum absolute atomic E-state index is 0.299. The van der Waals surface area contributed by atoms with Crippen molar-refractivity contribution in [3.8, 4) is 17.6 Å². The number of halogens is 1. The second kappa shape index (κ2) is 9.11. The number of benzene rings is 1. The van der Waals surface area contributed by atoms with Gasteiger partial charge in [0.1, 0.15) is 5.82 Å². The normalized spacial score (nSPS) is 10.3. The van der Waals surface area contributed by atoms with E-state index >= 15 is 0 Å². The number of methoxy groups -OCH3 is 1. The fraction of sp³-hybridized carbons (Fsp3) is 0.389. The minimum atomic E-state index is -0.356. The van der Waals surface area contributed by atoms with Gasteiger partial charge in [-0.05, 0) is 25.5 Å². The molecular weight excluding hydrogens is 356 g/mol. The van der Waals surface area contributed by atoms with Crippen molar-refractivity contribution >= 4 is 23.3 Å². The first-order valence-corrected chi connectivity index (χ1v) is 8.61. The first-order chi connectivity index (χ1) is 12.5. The summed E-state index contributed by atoms with van der Waals surface area (Å²) in [5, 5.41) is 16.1. The van der Waals surface area contributed by atoms with Crippen molar-refractivity contribution in [3.05, 3.63) is 34.5 Å². The molecule has 2 aromatic rings. The summed E-state index contributed by atoms with van der Waals surface area (Å²) in [4.78, 5) is 12.6. The van der Waals surface area contributed by atoms with E-state index in [9.17, 15) is 4.79 Å². The predicted molar refractivity (Wildman–Crippen MR) is 98.9 cm³/mol. The Hall–Kier alpha value is -2.72. The topological polar surface area (TPSA) is 89.2 Å². The van der Waals surface area contributed by atoms with E-state index in [1.54, 1.807) is 16.8 Å². The number of aryl methyl sites for hydroxylation is 2. The molecule has 1 aromatic heterocycles. The third kappa shape index (κ3) is 4.67. The molecule has 8 heteroatoms. The molecule has 0 unspecified atom stereocenters. The van der Waals surface area contributed by atoms with Gasteiger partial charge in [0.05, 0.1) is 43.5 Å². The largest absolute Gasteiger partial charge is 0.493 e. The third-order valence-corrected chi connectivity index (χ3v) is 3.80. The van der Waals surface area contributed by atoms with Crippen molar-refractivity contribution in [2.75, 3.05) is 19.0 Å². The zero-order chi connectivity index (χ0) is 19.1. The van der Waals surface area contributed by atoms with Crippen molar-refractivity contribution in [3.63, 3.8) is 0 Å². The number of anilines is 1. The fourth-order valence-corrected chi connectivity index (χ4v) is 2.62. The number of carbonyl (C=O) groups is 1. The molecule has 0 fully saturated rings. The molecule has 7 nitrogen and oxygen atoms in total. The Morgan fingerprint density at radius 1 is 1.42 bits per heavy atom. The monoisotopic (exact) mass is 376 g/mol. The molecule has 0 aliphatic carbocycles. The molecule has 1 heterocycles. The first-order valence-electron chi connectivity index (χ1n) is 8.23. The molecule has 2 rings (SSSR count). The molecule has 0 bridgehead atoms. The van der Waals surface area contributed by atoms with Crippen LogP contribution in [0.5, 0.6) is 11.5 Å². The molecule has 0 aliphatic heterocycles. The van der Waals surface area contributed by atoms with E-state index in [2.05, 4.69) is 16.5 Å². The lowest BCUT2D eigenvalue weighted by atomic mass is 10.2. The van der Waals surface area contributed by atoms with Crippen molar-refractivity contribution in [1.82, 2.24) is 9.78 Å². The van der Waals surface area contributed by atoms with Crippen molar-refractivity contribution < 1.29 is 14.3 Å². The Morgan fingerprint density at radius 2 is 2.19 bits per heavy atom. The molecule has 26 heavy (non-hydrogen) atoms. The number of hydrogen-bond donors (Lipinski definition) is 1. The van der Waals surface area contributed by atoms with Crippen LogP contribution in [0.25, 0.3) is 0 Å². The molecule has 138 valence electrons. The summed E-state index contributed by atoms with van der Waals surface area (Å²) in [5.74, 6) is 0.974. The molecule has 0 radical (unpaired) electrons. The lowest BCUT2D eigenvalue weighted by Crippen LogP contribution is -2.16. The summed E-state index contributed by atoms with van der Waals surface area (Å²) in [6.45, 7) is 4.70. The lowest BCUT2D eigenvalue weighted by Gasteiger charge is -2.14. The molecule has 1 amide bonds. The summed E-state index contributed by atoms with van der Waals surface area (Å²) in [7, 11) is 1.49. The number of carbonyl (C=O) groups excluding carboxylic acids is 1. The molecule has 1 aromatic carbocycles. The van der Waals surface area contributed by atoms with Gasteiger partial charge in [0.25, 0.3) is 5.91 Å². The van der Waals surface area contributed by atoms with Crippen LogP contribution in [0, 0.1) is 18.3 Å². The van der Waals surface area contributed by atoms with E-state index in [0.29, 0.717) is 47.5 Å². The number of nitriles is 1. The number of rotatable bonds is 8. The maximum absolute atomic E-state index is 12.6. The number of hydrogen-bond acceptors (Lipinski definition) is 5. The molecule has 0 saturated carbocycles. The van der Waals surface area contributed by atoms with Gasteiger partial charge in [-0.3, -0.25) is 4.79 Å². The second-order valence-corrected chi connectivity index (χ2v) is 6.00. The van der Waals surface area contributed by atoms with Crippen LogP contribution in [0.15, 0.2) is 18.2 Å². The number of aromatic nitrogens is 2. The van der Waals surface area contributed by atoms with Crippen molar-refractivity contribution in [2.24, 2.45) is 0 Å². The van der Waals surface area contributed by atoms with Crippen LogP contribution in [-0.4, -0.2) is 29.4 Å². The fourth-order valence-electron chi connectivity index (χ4n) is 2.36. The van der Waals surface area contributed by atoms with Gasteiger partial charge < -0.3 is 14.8 Å². The summed E-state index contributed by atoms with van der Waals surface area (Å²) >= 11 is 6.26. The molecule has 1 N–H and O–H groups in total. The maximum atomic E-state index is 12.6. The smallest absolute Gasteiger partial charge is 0.257 e. The zero-order valence-corrected chi connectivity index (χ0v) is 15.8. The van der Waals surface area contributed by atoms with Gasteiger partial charge in [0.2, 0.25) is 0 Å². The van der Waals surface area contributed by atoms with Gasteiger partial charge in [-0.2, -0.15) is 10.4 Å². The Morgan fingerprint density at radius 3 is 2.85 bits per heavy atom. The Kier molecular flexibility index (Phi) is 6.87. The molecule has 0 atom stereocenters. The van der Waals surface area contributed by atoms with Crippen LogP contribution >= 0.6 is 11.6 Å². The van der Waals surface area contributed by atoms with Crippen LogP contribution in [0.4, 0.5) is 5.82 Å². The highest BCUT2D eigenvalue weighted by molar-refractivity contribution is 6.32. The van der Waals surface area contributed by atoms with E-state index in [-0.39, 0.29) is 5.91 Å². The second-order valence-electron chi connectivity index (χ2n) is 5.59. The molecular formula is C18H21ClN4O3. The summed E-state index contributed by atoms with van der Waals surface area (Å²) < 4.78 is 12.5. The van der Waals surface area contributed by atoms with Crippen molar-refractivity contribution in [2.45, 2.75) is 33.2 Å². The van der Waals surface area contributed by atoms with Crippen LogP contribution in [0.1, 0.15) is 35.8 Å². The van der Waals surface area contributed by atoms with Crippen LogP contribution in [-0.2, 0) is 6.54 Å². The van der Waals surface area contributed by atoms with E-state index in [0.717, 1.165) is 12.1 Å². The maximum Gasteiger partial charge on any atom is 0.257 e. The summed E-state index contributed by atoms with van der Waals surface area (Å²) in [6.07, 6.45) is 1.13. The van der Waals surface area contributed by atoms with Crippen LogP contribution < -0.4 is 14.8 Å².